The van der Waals surface area contributed by atoms with Crippen molar-refractivity contribution in [2.24, 2.45) is 0 Å². The normalized spacial score (nSPS) is 12.4. The Hall–Kier alpha value is -1.34. The van der Waals surface area contributed by atoms with Crippen molar-refractivity contribution in [1.82, 2.24) is 4.90 Å². The molecule has 0 saturated heterocycles. The highest BCUT2D eigenvalue weighted by Gasteiger charge is 2.12. The second kappa shape index (κ2) is 12.1. The smallest absolute Gasteiger partial charge is 0.161 e. The largest absolute Gasteiger partial charge is 0.493 e. The fourth-order valence-corrected chi connectivity index (χ4v) is 2.45. The molecular weight excluding hydrogens is 310 g/mol. The molecule has 0 bridgehead atoms. The maximum absolute atomic E-state index is 10.1. The van der Waals surface area contributed by atoms with Crippen molar-refractivity contribution in [3.05, 3.63) is 23.8 Å². The van der Waals surface area contributed by atoms with Gasteiger partial charge in [0, 0.05) is 13.1 Å². The van der Waals surface area contributed by atoms with E-state index in [0.29, 0.717) is 31.2 Å². The van der Waals surface area contributed by atoms with Gasteiger partial charge >= 0.3 is 0 Å². The fourth-order valence-electron chi connectivity index (χ4n) is 2.45. The Morgan fingerprint density at radius 3 is 2.50 bits per heavy atom. The Balaban J connectivity index is 2.39. The molecule has 0 unspecified atom stereocenters. The van der Waals surface area contributed by atoms with Crippen LogP contribution in [-0.2, 0) is 11.3 Å². The molecule has 0 amide bonds. The Morgan fingerprint density at radius 1 is 1.12 bits per heavy atom. The number of benzene rings is 1. The van der Waals surface area contributed by atoms with Crippen LogP contribution in [0.2, 0.25) is 0 Å². The lowest BCUT2D eigenvalue weighted by Gasteiger charge is -2.24. The molecule has 0 aliphatic rings. The Morgan fingerprint density at radius 2 is 1.88 bits per heavy atom. The van der Waals surface area contributed by atoms with E-state index in [1.54, 1.807) is 14.2 Å². The van der Waals surface area contributed by atoms with E-state index >= 15 is 0 Å². The van der Waals surface area contributed by atoms with Gasteiger partial charge in [0.25, 0.3) is 0 Å². The van der Waals surface area contributed by atoms with Crippen LogP contribution >= 0.6 is 0 Å². The molecule has 0 aliphatic heterocycles. The second-order valence-corrected chi connectivity index (χ2v) is 5.74. The molecule has 6 nitrogen and oxygen atoms in total. The maximum Gasteiger partial charge on any atom is 0.161 e. The number of nitrogens with zero attached hydrogens (tertiary/aromatic N) is 1. The summed E-state index contributed by atoms with van der Waals surface area (Å²) >= 11 is 0. The summed E-state index contributed by atoms with van der Waals surface area (Å²) in [6, 6.07) is 5.61. The van der Waals surface area contributed by atoms with E-state index in [0.717, 1.165) is 24.9 Å². The van der Waals surface area contributed by atoms with Crippen LogP contribution in [0.5, 0.6) is 11.5 Å². The fraction of sp³-hybridized carbons (Fsp3) is 0.667. The van der Waals surface area contributed by atoms with Crippen LogP contribution in [0.25, 0.3) is 0 Å². The number of methoxy groups -OCH3 is 2. The number of rotatable bonds is 13. The van der Waals surface area contributed by atoms with E-state index < -0.39 is 6.10 Å². The molecule has 0 saturated carbocycles. The van der Waals surface area contributed by atoms with Gasteiger partial charge in [0.15, 0.2) is 11.5 Å². The van der Waals surface area contributed by atoms with Crippen molar-refractivity contribution in [3.8, 4) is 11.5 Å². The summed E-state index contributed by atoms with van der Waals surface area (Å²) in [6.45, 7) is 4.83. The van der Waals surface area contributed by atoms with Gasteiger partial charge in [0.05, 0.1) is 40.1 Å². The van der Waals surface area contributed by atoms with Crippen molar-refractivity contribution >= 4 is 0 Å². The quantitative estimate of drug-likeness (QED) is 0.569. The van der Waals surface area contributed by atoms with Gasteiger partial charge in [0.1, 0.15) is 0 Å². The lowest BCUT2D eigenvalue weighted by molar-refractivity contribution is 0.00740. The van der Waals surface area contributed by atoms with Crippen molar-refractivity contribution in [2.75, 3.05) is 47.1 Å². The molecule has 138 valence electrons. The molecule has 24 heavy (non-hydrogen) atoms. The minimum atomic E-state index is -0.575. The summed E-state index contributed by atoms with van der Waals surface area (Å²) < 4.78 is 16.1. The molecule has 0 aromatic heterocycles. The maximum atomic E-state index is 10.1. The zero-order valence-electron chi connectivity index (χ0n) is 15.0. The van der Waals surface area contributed by atoms with E-state index in [-0.39, 0.29) is 13.2 Å². The van der Waals surface area contributed by atoms with Crippen LogP contribution < -0.4 is 9.47 Å². The Labute approximate surface area is 144 Å². The van der Waals surface area contributed by atoms with Crippen LogP contribution in [0, 0.1) is 0 Å². The molecule has 0 radical (unpaired) electrons. The molecular formula is C18H31NO5. The van der Waals surface area contributed by atoms with Crippen LogP contribution in [0.15, 0.2) is 18.2 Å². The van der Waals surface area contributed by atoms with E-state index in [1.807, 2.05) is 18.2 Å². The molecule has 1 aromatic carbocycles. The summed E-state index contributed by atoms with van der Waals surface area (Å²) in [6.07, 6.45) is 1.57. The number of hydrogen-bond donors (Lipinski definition) is 2. The molecule has 0 aliphatic carbocycles. The number of unbranched alkanes of at least 4 members (excludes halogenated alkanes) is 1. The molecule has 1 rings (SSSR count). The second-order valence-electron chi connectivity index (χ2n) is 5.74. The number of aliphatic hydroxyl groups excluding tert-OH is 2. The molecule has 1 atom stereocenters. The molecule has 1 aromatic rings. The molecule has 0 heterocycles. The molecule has 0 spiro atoms. The first-order valence-electron chi connectivity index (χ1n) is 8.44. The SMILES string of the molecule is CCCCN(CCO)C[C@@H](O)COCc1ccc(OC)c(OC)c1. The van der Waals surface area contributed by atoms with E-state index in [2.05, 4.69) is 11.8 Å². The van der Waals surface area contributed by atoms with Gasteiger partial charge in [-0.05, 0) is 30.7 Å². The van der Waals surface area contributed by atoms with Crippen molar-refractivity contribution < 1.29 is 24.4 Å². The van der Waals surface area contributed by atoms with Crippen LogP contribution in [0.1, 0.15) is 25.3 Å². The minimum absolute atomic E-state index is 0.100. The monoisotopic (exact) mass is 341 g/mol. The van der Waals surface area contributed by atoms with E-state index in [4.69, 9.17) is 19.3 Å². The van der Waals surface area contributed by atoms with E-state index in [1.165, 1.54) is 0 Å². The predicted octanol–water partition coefficient (Wildman–Crippen LogP) is 1.68. The highest BCUT2D eigenvalue weighted by atomic mass is 16.5. The van der Waals surface area contributed by atoms with Crippen LogP contribution in [-0.4, -0.2) is 68.3 Å². The highest BCUT2D eigenvalue weighted by molar-refractivity contribution is 5.42. The standard InChI is InChI=1S/C18H31NO5/c1-4-5-8-19(9-10-20)12-16(21)14-24-13-15-6-7-17(22-2)18(11-15)23-3/h6-7,11,16,20-21H,4-5,8-10,12-14H2,1-3H3/t16-/m1/s1. The summed E-state index contributed by atoms with van der Waals surface area (Å²) in [5.41, 5.74) is 0.957. The van der Waals surface area contributed by atoms with Gasteiger partial charge < -0.3 is 24.4 Å². The third-order valence-corrected chi connectivity index (χ3v) is 3.74. The summed E-state index contributed by atoms with van der Waals surface area (Å²) in [7, 11) is 3.19. The van der Waals surface area contributed by atoms with Crippen molar-refractivity contribution in [2.45, 2.75) is 32.5 Å². The zero-order valence-corrected chi connectivity index (χ0v) is 15.0. The van der Waals surface area contributed by atoms with Gasteiger partial charge in [-0.15, -0.1) is 0 Å². The topological polar surface area (TPSA) is 71.4 Å². The lowest BCUT2D eigenvalue weighted by atomic mass is 10.2. The van der Waals surface area contributed by atoms with E-state index in [9.17, 15) is 5.11 Å². The average molecular weight is 341 g/mol. The highest BCUT2D eigenvalue weighted by Crippen LogP contribution is 2.27. The van der Waals surface area contributed by atoms with Gasteiger partial charge in [-0.2, -0.15) is 0 Å². The van der Waals surface area contributed by atoms with Crippen molar-refractivity contribution in [3.63, 3.8) is 0 Å². The third-order valence-electron chi connectivity index (χ3n) is 3.74. The molecule has 0 fully saturated rings. The predicted molar refractivity (Wildman–Crippen MR) is 93.6 cm³/mol. The van der Waals surface area contributed by atoms with Gasteiger partial charge in [-0.1, -0.05) is 19.4 Å². The van der Waals surface area contributed by atoms with Crippen LogP contribution in [0.3, 0.4) is 0 Å². The third kappa shape index (κ3) is 7.49. The number of hydrogen-bond acceptors (Lipinski definition) is 6. The first kappa shape index (κ1) is 20.7. The molecule has 2 N–H and O–H groups in total. The van der Waals surface area contributed by atoms with Gasteiger partial charge in [-0.3, -0.25) is 4.90 Å². The van der Waals surface area contributed by atoms with Crippen molar-refractivity contribution in [1.29, 1.82) is 0 Å². The van der Waals surface area contributed by atoms with Gasteiger partial charge in [-0.25, -0.2) is 0 Å². The summed E-state index contributed by atoms with van der Waals surface area (Å²) in [5.74, 6) is 1.34. The number of aliphatic hydroxyl groups is 2. The Kier molecular flexibility index (Phi) is 10.4. The Bertz CT molecular complexity index is 455. The first-order valence-corrected chi connectivity index (χ1v) is 8.44. The minimum Gasteiger partial charge on any atom is -0.493 e. The first-order chi connectivity index (χ1) is 11.6. The zero-order chi connectivity index (χ0) is 17.8. The summed E-state index contributed by atoms with van der Waals surface area (Å²) in [5, 5.41) is 19.2. The van der Waals surface area contributed by atoms with Crippen LogP contribution in [0.4, 0.5) is 0 Å². The van der Waals surface area contributed by atoms with Gasteiger partial charge in [0.2, 0.25) is 0 Å². The number of ether oxygens (including phenoxy) is 3. The summed E-state index contributed by atoms with van der Waals surface area (Å²) in [4.78, 5) is 2.06. The average Bonchev–Trinajstić information content (AvgIpc) is 2.59. The molecule has 6 heteroatoms. The lowest BCUT2D eigenvalue weighted by Crippen LogP contribution is -2.37.